The predicted molar refractivity (Wildman–Crippen MR) is 62.6 cm³/mol. The first-order valence-electron chi connectivity index (χ1n) is 5.19. The molecule has 11 heteroatoms. The van der Waals surface area contributed by atoms with E-state index in [9.17, 15) is 35.1 Å². The van der Waals surface area contributed by atoms with E-state index >= 15 is 0 Å². The third-order valence-corrected chi connectivity index (χ3v) is 4.47. The van der Waals surface area contributed by atoms with E-state index in [0.717, 1.165) is 0 Å². The lowest BCUT2D eigenvalue weighted by Gasteiger charge is -2.37. The first-order valence-corrected chi connectivity index (χ1v) is 6.93. The highest BCUT2D eigenvalue weighted by atomic mass is 35.5. The van der Waals surface area contributed by atoms with Crippen LogP contribution in [0.25, 0.3) is 0 Å². The molecule has 0 rings (SSSR count). The fourth-order valence-corrected chi connectivity index (χ4v) is 2.66. The summed E-state index contributed by atoms with van der Waals surface area (Å²) in [4.78, 5) is 0. The normalized spacial score (nSPS) is 15.0. The van der Waals surface area contributed by atoms with Crippen LogP contribution in [0.1, 0.15) is 19.8 Å². The second kappa shape index (κ2) is 6.64. The molecule has 0 saturated carbocycles. The third kappa shape index (κ3) is 3.58. The van der Waals surface area contributed by atoms with Gasteiger partial charge in [-0.25, -0.2) is 8.78 Å². The van der Waals surface area contributed by atoms with Crippen molar-refractivity contribution in [1.29, 1.82) is 0 Å². The number of unbranched alkanes of at least 4 members (excludes halogenated alkanes) is 1. The average Bonchev–Trinajstić information content (AvgIpc) is 2.28. The van der Waals surface area contributed by atoms with Crippen molar-refractivity contribution in [3.05, 3.63) is 0 Å². The van der Waals surface area contributed by atoms with Gasteiger partial charge in [0.2, 0.25) is 3.67 Å². The van der Waals surface area contributed by atoms with E-state index < -0.39 is 27.9 Å². The van der Waals surface area contributed by atoms with Crippen molar-refractivity contribution in [2.45, 2.75) is 47.6 Å². The molecule has 0 radical (unpaired) electrons. The third-order valence-electron chi connectivity index (χ3n) is 2.23. The van der Waals surface area contributed by atoms with Gasteiger partial charge in [-0.15, -0.1) is 11.8 Å². The summed E-state index contributed by atoms with van der Waals surface area (Å²) in [5.74, 6) is -18.7. The van der Waals surface area contributed by atoms with Crippen LogP contribution < -0.4 is 0 Å². The number of halogens is 10. The van der Waals surface area contributed by atoms with Gasteiger partial charge in [0.1, 0.15) is 0 Å². The molecule has 0 aromatic rings. The van der Waals surface area contributed by atoms with E-state index in [1.165, 1.54) is 0 Å². The minimum Gasteiger partial charge on any atom is -0.203 e. The minimum atomic E-state index is -6.41. The molecule has 0 bridgehead atoms. The van der Waals surface area contributed by atoms with Crippen LogP contribution in [0.2, 0.25) is 0 Å². The number of thioether (sulfide) groups is 1. The molecular weight excluding hydrogens is 363 g/mol. The van der Waals surface area contributed by atoms with Gasteiger partial charge < -0.3 is 0 Å². The smallest absolute Gasteiger partial charge is 0.203 e. The highest BCUT2D eigenvalue weighted by Crippen LogP contribution is 2.59. The van der Waals surface area contributed by atoms with Gasteiger partial charge in [0.25, 0.3) is 0 Å². The number of hydrogen-bond acceptors (Lipinski definition) is 1. The van der Waals surface area contributed by atoms with Gasteiger partial charge in [0.15, 0.2) is 0 Å². The SMILES string of the molecule is CCCCSC(Cl)(Cl)C(F)(F)C(F)(F)C(F)(F)C(F)F. The van der Waals surface area contributed by atoms with Gasteiger partial charge in [0.05, 0.1) is 0 Å². The molecule has 0 nitrogen and oxygen atoms in total. The molecule has 0 aromatic heterocycles. The highest BCUT2D eigenvalue weighted by Gasteiger charge is 2.81. The molecule has 0 N–H and O–H groups in total. The first kappa shape index (κ1) is 20.4. The van der Waals surface area contributed by atoms with Crippen LogP contribution in [0, 0.1) is 0 Å². The molecule has 20 heavy (non-hydrogen) atoms. The van der Waals surface area contributed by atoms with Crippen LogP contribution in [0.3, 0.4) is 0 Å². The van der Waals surface area contributed by atoms with Crippen molar-refractivity contribution in [1.82, 2.24) is 0 Å². The van der Waals surface area contributed by atoms with Crippen LogP contribution in [0.15, 0.2) is 0 Å². The Bertz CT molecular complexity index is 321. The maximum Gasteiger partial charge on any atom is 0.381 e. The van der Waals surface area contributed by atoms with Gasteiger partial charge >= 0.3 is 24.2 Å². The van der Waals surface area contributed by atoms with Crippen LogP contribution in [-0.4, -0.2) is 33.6 Å². The van der Waals surface area contributed by atoms with Crippen molar-refractivity contribution in [3.8, 4) is 0 Å². The fraction of sp³-hybridized carbons (Fsp3) is 1.00. The number of alkyl halides is 10. The zero-order chi connectivity index (χ0) is 16.4. The molecule has 0 aliphatic rings. The summed E-state index contributed by atoms with van der Waals surface area (Å²) in [6.07, 6.45) is -4.27. The van der Waals surface area contributed by atoms with Gasteiger partial charge in [0, 0.05) is 0 Å². The minimum absolute atomic E-state index is 0.112. The second-order valence-electron chi connectivity index (χ2n) is 3.79. The zero-order valence-corrected chi connectivity index (χ0v) is 12.2. The van der Waals surface area contributed by atoms with Gasteiger partial charge in [-0.05, 0) is 12.2 Å². The largest absolute Gasteiger partial charge is 0.381 e. The molecule has 0 atom stereocenters. The van der Waals surface area contributed by atoms with Crippen molar-refractivity contribution >= 4 is 35.0 Å². The fourth-order valence-electron chi connectivity index (χ4n) is 0.964. The highest BCUT2D eigenvalue weighted by molar-refractivity contribution is 8.03. The Balaban J connectivity index is 5.37. The lowest BCUT2D eigenvalue weighted by atomic mass is 10.1. The molecule has 0 fully saturated rings. The Morgan fingerprint density at radius 1 is 0.950 bits per heavy atom. The summed E-state index contributed by atoms with van der Waals surface area (Å²) < 4.78 is 98.3. The molecule has 0 heterocycles. The summed E-state index contributed by atoms with van der Waals surface area (Å²) in [7, 11) is 0. The second-order valence-corrected chi connectivity index (χ2v) is 6.88. The van der Waals surface area contributed by atoms with Crippen LogP contribution >= 0.6 is 35.0 Å². The zero-order valence-electron chi connectivity index (χ0n) is 9.89. The summed E-state index contributed by atoms with van der Waals surface area (Å²) in [6, 6.07) is 0. The van der Waals surface area contributed by atoms with Crippen LogP contribution in [0.4, 0.5) is 35.1 Å². The lowest BCUT2D eigenvalue weighted by molar-refractivity contribution is -0.336. The van der Waals surface area contributed by atoms with E-state index in [1.807, 2.05) is 0 Å². The summed E-state index contributed by atoms with van der Waals surface area (Å²) >= 11 is 9.85. The van der Waals surface area contributed by atoms with Crippen LogP contribution in [0.5, 0.6) is 0 Å². The first-order chi connectivity index (χ1) is 8.75. The number of rotatable bonds is 8. The molecule has 0 amide bonds. The van der Waals surface area contributed by atoms with E-state index in [2.05, 4.69) is 0 Å². The Labute approximate surface area is 124 Å². The molecule has 122 valence electrons. The van der Waals surface area contributed by atoms with E-state index in [1.54, 1.807) is 6.92 Å². The standard InChI is InChI=1S/C9H10Cl2F8S/c1-2-3-4-20-9(10,11)8(18,19)7(16,17)6(14,15)5(12)13/h5H,2-4H2,1H3. The Kier molecular flexibility index (Phi) is 6.77. The maximum atomic E-state index is 13.4. The molecule has 0 aromatic carbocycles. The number of hydrogen-bond donors (Lipinski definition) is 0. The molecule has 0 aliphatic heterocycles. The van der Waals surface area contributed by atoms with Crippen LogP contribution in [-0.2, 0) is 0 Å². The average molecular weight is 373 g/mol. The van der Waals surface area contributed by atoms with Crippen molar-refractivity contribution in [3.63, 3.8) is 0 Å². The topological polar surface area (TPSA) is 0 Å². The molecule has 0 spiro atoms. The summed E-state index contributed by atoms with van der Waals surface area (Å²) in [5, 5.41) is 0. The lowest BCUT2D eigenvalue weighted by Crippen LogP contribution is -2.62. The summed E-state index contributed by atoms with van der Waals surface area (Å²) in [6.45, 7) is 1.64. The molecular formula is C9H10Cl2F8S. The van der Waals surface area contributed by atoms with E-state index in [0.29, 0.717) is 6.42 Å². The van der Waals surface area contributed by atoms with Crippen molar-refractivity contribution < 1.29 is 35.1 Å². The maximum absolute atomic E-state index is 13.4. The predicted octanol–water partition coefficient (Wildman–Crippen LogP) is 5.82. The monoisotopic (exact) mass is 372 g/mol. The molecule has 0 aliphatic carbocycles. The van der Waals surface area contributed by atoms with Gasteiger partial charge in [-0.2, -0.15) is 26.3 Å². The van der Waals surface area contributed by atoms with E-state index in [-0.39, 0.29) is 23.9 Å². The Hall–Kier alpha value is 0.370. The quantitative estimate of drug-likeness (QED) is 0.293. The van der Waals surface area contributed by atoms with Gasteiger partial charge in [-0.1, -0.05) is 36.5 Å². The Morgan fingerprint density at radius 2 is 1.40 bits per heavy atom. The Morgan fingerprint density at radius 3 is 1.75 bits per heavy atom. The van der Waals surface area contributed by atoms with Crippen molar-refractivity contribution in [2.24, 2.45) is 0 Å². The van der Waals surface area contributed by atoms with Crippen molar-refractivity contribution in [2.75, 3.05) is 5.75 Å². The molecule has 0 unspecified atom stereocenters. The summed E-state index contributed by atoms with van der Waals surface area (Å²) in [5.41, 5.74) is 0. The molecule has 0 saturated heterocycles. The van der Waals surface area contributed by atoms with E-state index in [4.69, 9.17) is 23.2 Å². The van der Waals surface area contributed by atoms with Gasteiger partial charge in [-0.3, -0.25) is 0 Å².